The summed E-state index contributed by atoms with van der Waals surface area (Å²) in [6.45, 7) is 6.75. The second kappa shape index (κ2) is 6.18. The van der Waals surface area contributed by atoms with Gasteiger partial charge in [-0.2, -0.15) is 13.2 Å². The van der Waals surface area contributed by atoms with Gasteiger partial charge in [0.05, 0.1) is 11.2 Å². The molecule has 154 valence electrons. The number of aromatic nitrogens is 1. The molecule has 0 bridgehead atoms. The van der Waals surface area contributed by atoms with Crippen LogP contribution in [0.2, 0.25) is 0 Å². The number of aliphatic hydroxyl groups is 1. The van der Waals surface area contributed by atoms with Crippen molar-refractivity contribution in [2.24, 2.45) is 17.3 Å². The lowest BCUT2D eigenvalue weighted by Crippen LogP contribution is -2.66. The summed E-state index contributed by atoms with van der Waals surface area (Å²) >= 11 is 0. The first-order chi connectivity index (χ1) is 12.9. The van der Waals surface area contributed by atoms with Crippen molar-refractivity contribution in [1.29, 1.82) is 0 Å². The Morgan fingerprint density at radius 3 is 2.36 bits per heavy atom. The molecule has 0 aromatic carbocycles. The lowest BCUT2D eigenvalue weighted by Gasteiger charge is -2.61. The van der Waals surface area contributed by atoms with Gasteiger partial charge in [-0.15, -0.1) is 0 Å². The predicted molar refractivity (Wildman–Crippen MR) is 97.5 cm³/mol. The average molecular weight is 396 g/mol. The minimum atomic E-state index is -4.37. The van der Waals surface area contributed by atoms with E-state index in [0.29, 0.717) is 24.5 Å². The van der Waals surface area contributed by atoms with E-state index in [1.54, 1.807) is 6.92 Å². The Kier molecular flexibility index (Phi) is 4.34. The second-order valence-corrected chi connectivity index (χ2v) is 9.62. The van der Waals surface area contributed by atoms with Crippen LogP contribution in [0.5, 0.6) is 0 Å². The topological polar surface area (TPSA) is 53.4 Å². The molecule has 1 atom stereocenters. The molecule has 4 nitrogen and oxygen atoms in total. The van der Waals surface area contributed by atoms with Crippen molar-refractivity contribution < 1.29 is 23.1 Å². The van der Waals surface area contributed by atoms with E-state index in [4.69, 9.17) is 0 Å². The normalized spacial score (nSPS) is 30.4. The fraction of sp³-hybridized carbons (Fsp3) is 0.714. The third kappa shape index (κ3) is 3.31. The van der Waals surface area contributed by atoms with Gasteiger partial charge in [-0.1, -0.05) is 6.92 Å². The standard InChI is InChI=1S/C21H27F3N2O2/c1-12(17-5-4-16(13(2)25-17)21(22,23)24)14-8-20(9-14)10-26(11-20)18(27)15-6-19(3,28)7-15/h4-5,12,14-15,28H,6-11H2,1-3H3/t12-,15-,19+/m0/s1. The van der Waals surface area contributed by atoms with Crippen LogP contribution in [0, 0.1) is 24.2 Å². The maximum absolute atomic E-state index is 12.9. The summed E-state index contributed by atoms with van der Waals surface area (Å²) in [5.74, 6) is 0.624. The second-order valence-electron chi connectivity index (χ2n) is 9.62. The molecule has 3 aliphatic rings. The third-order valence-corrected chi connectivity index (χ3v) is 7.06. The first-order valence-corrected chi connectivity index (χ1v) is 9.95. The zero-order valence-corrected chi connectivity index (χ0v) is 16.5. The van der Waals surface area contributed by atoms with Gasteiger partial charge in [-0.05, 0) is 57.6 Å². The Balaban J connectivity index is 1.30. The highest BCUT2D eigenvalue weighted by Crippen LogP contribution is 2.56. The van der Waals surface area contributed by atoms with E-state index in [2.05, 4.69) is 4.98 Å². The zero-order valence-electron chi connectivity index (χ0n) is 16.5. The molecule has 0 unspecified atom stereocenters. The van der Waals surface area contributed by atoms with Gasteiger partial charge in [0, 0.05) is 41.7 Å². The van der Waals surface area contributed by atoms with Crippen molar-refractivity contribution >= 4 is 5.91 Å². The molecule has 1 aromatic rings. The Hall–Kier alpha value is -1.63. The van der Waals surface area contributed by atoms with Gasteiger partial charge in [0.1, 0.15) is 0 Å². The van der Waals surface area contributed by atoms with Crippen molar-refractivity contribution in [3.8, 4) is 0 Å². The van der Waals surface area contributed by atoms with Gasteiger partial charge in [0.25, 0.3) is 0 Å². The monoisotopic (exact) mass is 396 g/mol. The Bertz CT molecular complexity index is 783. The van der Waals surface area contributed by atoms with Crippen molar-refractivity contribution in [2.75, 3.05) is 13.1 Å². The lowest BCUT2D eigenvalue weighted by molar-refractivity contribution is -0.172. The molecule has 1 N–H and O–H groups in total. The van der Waals surface area contributed by atoms with Crippen LogP contribution in [0.25, 0.3) is 0 Å². The van der Waals surface area contributed by atoms with E-state index < -0.39 is 17.3 Å². The van der Waals surface area contributed by atoms with Crippen LogP contribution >= 0.6 is 0 Å². The van der Waals surface area contributed by atoms with Gasteiger partial charge < -0.3 is 10.0 Å². The van der Waals surface area contributed by atoms with E-state index in [1.165, 1.54) is 13.0 Å². The third-order valence-electron chi connectivity index (χ3n) is 7.06. The largest absolute Gasteiger partial charge is 0.418 e. The molecule has 1 amide bonds. The molecule has 0 radical (unpaired) electrons. The van der Waals surface area contributed by atoms with E-state index in [-0.39, 0.29) is 28.9 Å². The molecule has 7 heteroatoms. The van der Waals surface area contributed by atoms with E-state index in [1.807, 2.05) is 11.8 Å². The summed E-state index contributed by atoms with van der Waals surface area (Å²) in [4.78, 5) is 18.6. The molecule has 1 aromatic heterocycles. The summed E-state index contributed by atoms with van der Waals surface area (Å²) in [7, 11) is 0. The molecular weight excluding hydrogens is 369 g/mol. The number of halogens is 3. The number of amides is 1. The van der Waals surface area contributed by atoms with Crippen molar-refractivity contribution in [2.45, 2.75) is 64.1 Å². The van der Waals surface area contributed by atoms with Crippen LogP contribution in [0.15, 0.2) is 12.1 Å². The molecular formula is C21H27F3N2O2. The number of alkyl halides is 3. The summed E-state index contributed by atoms with van der Waals surface area (Å²) < 4.78 is 38.8. The van der Waals surface area contributed by atoms with E-state index >= 15 is 0 Å². The summed E-state index contributed by atoms with van der Waals surface area (Å²) in [5.41, 5.74) is -0.428. The van der Waals surface area contributed by atoms with Crippen LogP contribution in [0.1, 0.15) is 62.4 Å². The Morgan fingerprint density at radius 1 is 1.25 bits per heavy atom. The number of aryl methyl sites for hydroxylation is 1. The number of hydrogen-bond donors (Lipinski definition) is 1. The average Bonchev–Trinajstić information content (AvgIpc) is 2.47. The predicted octanol–water partition coefficient (Wildman–Crippen LogP) is 3.91. The Labute approximate surface area is 163 Å². The number of carbonyl (C=O) groups is 1. The maximum Gasteiger partial charge on any atom is 0.418 e. The fourth-order valence-electron chi connectivity index (χ4n) is 5.39. The van der Waals surface area contributed by atoms with Gasteiger partial charge >= 0.3 is 6.18 Å². The lowest BCUT2D eigenvalue weighted by atomic mass is 9.54. The molecule has 1 aliphatic heterocycles. The molecule has 2 saturated carbocycles. The number of pyridine rings is 1. The van der Waals surface area contributed by atoms with Gasteiger partial charge in [-0.3, -0.25) is 9.78 Å². The van der Waals surface area contributed by atoms with Crippen LogP contribution in [-0.4, -0.2) is 39.6 Å². The Morgan fingerprint density at radius 2 is 1.86 bits per heavy atom. The van der Waals surface area contributed by atoms with Gasteiger partial charge in [0.2, 0.25) is 5.91 Å². The van der Waals surface area contributed by atoms with Crippen LogP contribution in [-0.2, 0) is 11.0 Å². The molecule has 2 heterocycles. The minimum absolute atomic E-state index is 0.0303. The number of likely N-dealkylation sites (tertiary alicyclic amines) is 1. The molecule has 1 spiro atoms. The SMILES string of the molecule is Cc1nc([C@@H](C)C2CC3(C2)CN(C(=O)[C@H]2C[C@@](C)(O)C2)C3)ccc1C(F)(F)F. The van der Waals surface area contributed by atoms with Gasteiger partial charge in [-0.25, -0.2) is 0 Å². The smallest absolute Gasteiger partial charge is 0.390 e. The molecule has 4 rings (SSSR count). The molecule has 3 fully saturated rings. The van der Waals surface area contributed by atoms with Crippen molar-refractivity contribution in [1.82, 2.24) is 9.88 Å². The zero-order chi connectivity index (χ0) is 20.5. The summed E-state index contributed by atoms with van der Waals surface area (Å²) in [6.07, 6.45) is -1.29. The summed E-state index contributed by atoms with van der Waals surface area (Å²) in [5, 5.41) is 9.81. The summed E-state index contributed by atoms with van der Waals surface area (Å²) in [6, 6.07) is 2.64. The number of rotatable bonds is 3. The molecule has 2 aliphatic carbocycles. The van der Waals surface area contributed by atoms with Crippen molar-refractivity contribution in [3.05, 3.63) is 29.1 Å². The van der Waals surface area contributed by atoms with E-state index in [0.717, 1.165) is 32.0 Å². The van der Waals surface area contributed by atoms with E-state index in [9.17, 15) is 23.1 Å². The highest BCUT2D eigenvalue weighted by Gasteiger charge is 2.56. The maximum atomic E-state index is 12.9. The highest BCUT2D eigenvalue weighted by atomic mass is 19.4. The molecule has 1 saturated heterocycles. The fourth-order valence-corrected chi connectivity index (χ4v) is 5.39. The molecule has 28 heavy (non-hydrogen) atoms. The minimum Gasteiger partial charge on any atom is -0.390 e. The number of hydrogen-bond acceptors (Lipinski definition) is 3. The number of carbonyl (C=O) groups excluding carboxylic acids is 1. The van der Waals surface area contributed by atoms with Crippen LogP contribution in [0.4, 0.5) is 13.2 Å². The quantitative estimate of drug-likeness (QED) is 0.843. The highest BCUT2D eigenvalue weighted by molar-refractivity contribution is 5.81. The van der Waals surface area contributed by atoms with Crippen LogP contribution in [0.3, 0.4) is 0 Å². The number of nitrogens with zero attached hydrogens (tertiary/aromatic N) is 2. The first-order valence-electron chi connectivity index (χ1n) is 9.95. The van der Waals surface area contributed by atoms with Crippen molar-refractivity contribution in [3.63, 3.8) is 0 Å². The van der Waals surface area contributed by atoms with Crippen LogP contribution < -0.4 is 0 Å². The van der Waals surface area contributed by atoms with Gasteiger partial charge in [0.15, 0.2) is 0 Å². The first kappa shape index (κ1) is 19.7.